The van der Waals surface area contributed by atoms with Gasteiger partial charge in [-0.05, 0) is 30.7 Å². The van der Waals surface area contributed by atoms with Gasteiger partial charge in [-0.15, -0.1) is 11.8 Å². The molecule has 5 heteroatoms. The highest BCUT2D eigenvalue weighted by Crippen LogP contribution is 2.20. The number of carbonyl (C=O) groups excluding carboxylic acids is 1. The molecule has 1 amide bonds. The zero-order chi connectivity index (χ0) is 14.9. The van der Waals surface area contributed by atoms with E-state index in [1.165, 1.54) is 5.56 Å². The van der Waals surface area contributed by atoms with Crippen LogP contribution in [0.5, 0.6) is 0 Å². The van der Waals surface area contributed by atoms with Gasteiger partial charge in [-0.2, -0.15) is 0 Å². The van der Waals surface area contributed by atoms with E-state index in [0.717, 1.165) is 37.5 Å². The zero-order valence-electron chi connectivity index (χ0n) is 12.6. The maximum atomic E-state index is 12.1. The third-order valence-electron chi connectivity index (χ3n) is 3.38. The van der Waals surface area contributed by atoms with Crippen LogP contribution in [-0.4, -0.2) is 49.4 Å². The molecule has 2 rings (SSSR count). The molecule has 0 spiro atoms. The van der Waals surface area contributed by atoms with Crippen LogP contribution in [0.1, 0.15) is 18.9 Å². The van der Waals surface area contributed by atoms with Crippen LogP contribution < -0.4 is 5.32 Å². The Morgan fingerprint density at radius 2 is 2.19 bits per heavy atom. The monoisotopic (exact) mass is 308 g/mol. The number of nitrogens with zero attached hydrogens (tertiary/aromatic N) is 1. The number of hydrogen-bond acceptors (Lipinski definition) is 4. The van der Waals surface area contributed by atoms with Crippen molar-refractivity contribution in [3.8, 4) is 0 Å². The number of nitrogens with one attached hydrogen (secondary N) is 1. The molecule has 1 aliphatic rings. The molecule has 116 valence electrons. The number of rotatable bonds is 7. The first-order valence-electron chi connectivity index (χ1n) is 7.57. The minimum atomic E-state index is 0.206. The van der Waals surface area contributed by atoms with Crippen LogP contribution in [-0.2, 0) is 16.1 Å². The molecule has 0 unspecified atom stereocenters. The summed E-state index contributed by atoms with van der Waals surface area (Å²) in [5.41, 5.74) is 1.27. The van der Waals surface area contributed by atoms with Gasteiger partial charge in [0.2, 0.25) is 5.91 Å². The maximum Gasteiger partial charge on any atom is 0.233 e. The van der Waals surface area contributed by atoms with E-state index in [4.69, 9.17) is 4.74 Å². The highest BCUT2D eigenvalue weighted by molar-refractivity contribution is 8.00. The second-order valence-corrected chi connectivity index (χ2v) is 6.15. The van der Waals surface area contributed by atoms with Gasteiger partial charge < -0.3 is 15.0 Å². The predicted octanol–water partition coefficient (Wildman–Crippen LogP) is 2.14. The first kappa shape index (κ1) is 16.3. The molecular formula is C16H24N2O2S. The van der Waals surface area contributed by atoms with Crippen molar-refractivity contribution in [1.29, 1.82) is 0 Å². The number of carbonyl (C=O) groups is 1. The molecule has 1 aliphatic heterocycles. The molecule has 1 saturated heterocycles. The zero-order valence-corrected chi connectivity index (χ0v) is 13.5. The van der Waals surface area contributed by atoms with E-state index < -0.39 is 0 Å². The topological polar surface area (TPSA) is 41.6 Å². The van der Waals surface area contributed by atoms with E-state index >= 15 is 0 Å². The standard InChI is InChI=1S/C16H24N2O2S/c1-2-6-17-12-14-4-3-5-15(11-14)21-13-16(19)18-7-9-20-10-8-18/h3-5,11,17H,2,6-10,12-13H2,1H3. The number of hydrogen-bond donors (Lipinski definition) is 1. The largest absolute Gasteiger partial charge is 0.378 e. The summed E-state index contributed by atoms with van der Waals surface area (Å²) in [6.07, 6.45) is 1.14. The minimum Gasteiger partial charge on any atom is -0.378 e. The Bertz CT molecular complexity index is 448. The van der Waals surface area contributed by atoms with E-state index in [2.05, 4.69) is 36.5 Å². The van der Waals surface area contributed by atoms with Gasteiger partial charge >= 0.3 is 0 Å². The van der Waals surface area contributed by atoms with Crippen LogP contribution in [0.15, 0.2) is 29.2 Å². The molecule has 1 aromatic rings. The molecule has 1 N–H and O–H groups in total. The summed E-state index contributed by atoms with van der Waals surface area (Å²) in [7, 11) is 0. The van der Waals surface area contributed by atoms with E-state index in [-0.39, 0.29) is 5.91 Å². The number of amides is 1. The van der Waals surface area contributed by atoms with Crippen molar-refractivity contribution < 1.29 is 9.53 Å². The van der Waals surface area contributed by atoms with Gasteiger partial charge in [0.15, 0.2) is 0 Å². The second kappa shape index (κ2) is 9.07. The van der Waals surface area contributed by atoms with Crippen molar-refractivity contribution >= 4 is 17.7 Å². The van der Waals surface area contributed by atoms with Gasteiger partial charge in [0.1, 0.15) is 0 Å². The summed E-state index contributed by atoms with van der Waals surface area (Å²) in [6, 6.07) is 8.42. The highest BCUT2D eigenvalue weighted by atomic mass is 32.2. The van der Waals surface area contributed by atoms with Gasteiger partial charge in [-0.25, -0.2) is 0 Å². The SMILES string of the molecule is CCCNCc1cccc(SCC(=O)N2CCOCC2)c1. The van der Waals surface area contributed by atoms with E-state index in [1.54, 1.807) is 11.8 Å². The molecule has 0 aliphatic carbocycles. The molecular weight excluding hydrogens is 284 g/mol. The van der Waals surface area contributed by atoms with Crippen LogP contribution in [0.4, 0.5) is 0 Å². The summed E-state index contributed by atoms with van der Waals surface area (Å²) >= 11 is 1.62. The van der Waals surface area contributed by atoms with E-state index in [9.17, 15) is 4.79 Å². The Morgan fingerprint density at radius 1 is 1.38 bits per heavy atom. The predicted molar refractivity (Wildman–Crippen MR) is 86.6 cm³/mol. The Morgan fingerprint density at radius 3 is 2.95 bits per heavy atom. The molecule has 4 nitrogen and oxygen atoms in total. The number of morpholine rings is 1. The lowest BCUT2D eigenvalue weighted by Gasteiger charge is -2.26. The Labute approximate surface area is 131 Å². The first-order valence-corrected chi connectivity index (χ1v) is 8.56. The fourth-order valence-corrected chi connectivity index (χ4v) is 3.09. The molecule has 0 aromatic heterocycles. The molecule has 21 heavy (non-hydrogen) atoms. The van der Waals surface area contributed by atoms with Gasteiger partial charge in [0.05, 0.1) is 19.0 Å². The smallest absolute Gasteiger partial charge is 0.233 e. The fraction of sp³-hybridized carbons (Fsp3) is 0.562. The van der Waals surface area contributed by atoms with E-state index in [0.29, 0.717) is 19.0 Å². The van der Waals surface area contributed by atoms with E-state index in [1.807, 2.05) is 4.90 Å². The highest BCUT2D eigenvalue weighted by Gasteiger charge is 2.16. The maximum absolute atomic E-state index is 12.1. The van der Waals surface area contributed by atoms with Crippen LogP contribution >= 0.6 is 11.8 Å². The molecule has 0 bridgehead atoms. The van der Waals surface area contributed by atoms with Gasteiger partial charge in [0, 0.05) is 24.5 Å². The lowest BCUT2D eigenvalue weighted by Crippen LogP contribution is -2.41. The lowest BCUT2D eigenvalue weighted by atomic mass is 10.2. The van der Waals surface area contributed by atoms with Gasteiger partial charge in [-0.1, -0.05) is 19.1 Å². The average Bonchev–Trinajstić information content (AvgIpc) is 2.54. The summed E-state index contributed by atoms with van der Waals surface area (Å²) in [5, 5.41) is 3.40. The quantitative estimate of drug-likeness (QED) is 0.619. The van der Waals surface area contributed by atoms with Crippen molar-refractivity contribution in [2.75, 3.05) is 38.6 Å². The van der Waals surface area contributed by atoms with Crippen LogP contribution in [0.3, 0.4) is 0 Å². The third kappa shape index (κ3) is 5.69. The number of thioether (sulfide) groups is 1. The minimum absolute atomic E-state index is 0.206. The van der Waals surface area contributed by atoms with Crippen LogP contribution in [0.2, 0.25) is 0 Å². The van der Waals surface area contributed by atoms with Crippen molar-refractivity contribution in [2.24, 2.45) is 0 Å². The summed E-state index contributed by atoms with van der Waals surface area (Å²) in [4.78, 5) is 15.2. The molecule has 1 fully saturated rings. The molecule has 1 aromatic carbocycles. The van der Waals surface area contributed by atoms with Gasteiger partial charge in [0.25, 0.3) is 0 Å². The normalized spacial score (nSPS) is 15.2. The van der Waals surface area contributed by atoms with Crippen LogP contribution in [0, 0.1) is 0 Å². The molecule has 0 saturated carbocycles. The summed E-state index contributed by atoms with van der Waals surface area (Å²) in [6.45, 7) is 6.85. The Kier molecular flexibility index (Phi) is 7.06. The van der Waals surface area contributed by atoms with Crippen LogP contribution in [0.25, 0.3) is 0 Å². The lowest BCUT2D eigenvalue weighted by molar-refractivity contribution is -0.132. The number of benzene rings is 1. The molecule has 0 radical (unpaired) electrons. The van der Waals surface area contributed by atoms with Crippen molar-refractivity contribution in [3.63, 3.8) is 0 Å². The number of ether oxygens (including phenoxy) is 1. The van der Waals surface area contributed by atoms with Gasteiger partial charge in [-0.3, -0.25) is 4.79 Å². The Balaban J connectivity index is 1.79. The second-order valence-electron chi connectivity index (χ2n) is 5.11. The fourth-order valence-electron chi connectivity index (χ4n) is 2.20. The average molecular weight is 308 g/mol. The van der Waals surface area contributed by atoms with Crippen molar-refractivity contribution in [1.82, 2.24) is 10.2 Å². The Hall–Kier alpha value is -1.04. The first-order chi connectivity index (χ1) is 10.3. The molecule has 1 heterocycles. The van der Waals surface area contributed by atoms with Crippen molar-refractivity contribution in [2.45, 2.75) is 24.8 Å². The van der Waals surface area contributed by atoms with Crippen molar-refractivity contribution in [3.05, 3.63) is 29.8 Å². The third-order valence-corrected chi connectivity index (χ3v) is 4.36. The molecule has 0 atom stereocenters. The summed E-state index contributed by atoms with van der Waals surface area (Å²) < 4.78 is 5.27. The summed E-state index contributed by atoms with van der Waals surface area (Å²) in [5.74, 6) is 0.712.